The first-order valence-corrected chi connectivity index (χ1v) is 7.73. The Hall–Kier alpha value is -0.900. The summed E-state index contributed by atoms with van der Waals surface area (Å²) in [5.74, 6) is 0. The number of aliphatic hydroxyl groups excluding tert-OH is 1. The average molecular weight is 276 g/mol. The van der Waals surface area contributed by atoms with E-state index in [4.69, 9.17) is 0 Å². The van der Waals surface area contributed by atoms with Crippen LogP contribution < -0.4 is 5.32 Å². The van der Waals surface area contributed by atoms with Crippen LogP contribution in [0.3, 0.4) is 0 Å². The lowest BCUT2D eigenvalue weighted by Crippen LogP contribution is -2.38. The largest absolute Gasteiger partial charge is 0.395 e. The van der Waals surface area contributed by atoms with Crippen molar-refractivity contribution < 1.29 is 5.11 Å². The highest BCUT2D eigenvalue weighted by Gasteiger charge is 2.18. The third-order valence-electron chi connectivity index (χ3n) is 4.40. The molecule has 1 heterocycles. The standard InChI is InChI=1S/C17H28N2O/c1-13-9-15(3)16(10-14(13)2)11-19(7-8-20)12-17-5-4-6-18-17/h9-10,17-18,20H,4-8,11-12H2,1-3H3. The molecule has 0 bridgehead atoms. The number of nitrogens with one attached hydrogen (secondary N) is 1. The van der Waals surface area contributed by atoms with Gasteiger partial charge in [0.05, 0.1) is 6.61 Å². The van der Waals surface area contributed by atoms with E-state index in [0.29, 0.717) is 6.04 Å². The van der Waals surface area contributed by atoms with Gasteiger partial charge < -0.3 is 10.4 Å². The Bertz CT molecular complexity index is 439. The van der Waals surface area contributed by atoms with Crippen LogP contribution in [0.2, 0.25) is 0 Å². The van der Waals surface area contributed by atoms with Gasteiger partial charge in [-0.3, -0.25) is 4.90 Å². The summed E-state index contributed by atoms with van der Waals surface area (Å²) >= 11 is 0. The lowest BCUT2D eigenvalue weighted by molar-refractivity contribution is 0.179. The fourth-order valence-electron chi connectivity index (χ4n) is 3.03. The van der Waals surface area contributed by atoms with Gasteiger partial charge in [0, 0.05) is 25.7 Å². The molecular weight excluding hydrogens is 248 g/mol. The van der Waals surface area contributed by atoms with Crippen molar-refractivity contribution in [2.75, 3.05) is 26.2 Å². The van der Waals surface area contributed by atoms with Crippen LogP contribution in [0, 0.1) is 20.8 Å². The maximum absolute atomic E-state index is 9.29. The Balaban J connectivity index is 2.04. The summed E-state index contributed by atoms with van der Waals surface area (Å²) in [5.41, 5.74) is 5.46. The molecule has 0 radical (unpaired) electrons. The smallest absolute Gasteiger partial charge is 0.0558 e. The number of aliphatic hydroxyl groups is 1. The third kappa shape index (κ3) is 4.05. The van der Waals surface area contributed by atoms with Gasteiger partial charge in [0.25, 0.3) is 0 Å². The van der Waals surface area contributed by atoms with Crippen LogP contribution in [0.1, 0.15) is 35.1 Å². The zero-order valence-corrected chi connectivity index (χ0v) is 13.1. The fourth-order valence-corrected chi connectivity index (χ4v) is 3.03. The molecule has 1 aromatic carbocycles. The van der Waals surface area contributed by atoms with Crippen LogP contribution in [-0.2, 0) is 6.54 Å². The van der Waals surface area contributed by atoms with Crippen LogP contribution in [0.15, 0.2) is 12.1 Å². The van der Waals surface area contributed by atoms with Crippen molar-refractivity contribution in [1.29, 1.82) is 0 Å². The highest BCUT2D eigenvalue weighted by molar-refractivity contribution is 5.36. The molecule has 112 valence electrons. The highest BCUT2D eigenvalue weighted by Crippen LogP contribution is 2.18. The fraction of sp³-hybridized carbons (Fsp3) is 0.647. The predicted octanol–water partition coefficient (Wildman–Crippen LogP) is 2.16. The number of hydrogen-bond acceptors (Lipinski definition) is 3. The summed E-state index contributed by atoms with van der Waals surface area (Å²) in [6.45, 7) is 10.6. The SMILES string of the molecule is Cc1cc(C)c(CN(CCO)CC2CCCN2)cc1C. The molecule has 0 saturated carbocycles. The second-order valence-electron chi connectivity index (χ2n) is 6.11. The molecule has 3 nitrogen and oxygen atoms in total. The zero-order valence-electron chi connectivity index (χ0n) is 13.1. The normalized spacial score (nSPS) is 18.9. The number of hydrogen-bond donors (Lipinski definition) is 2. The van der Waals surface area contributed by atoms with Gasteiger partial charge in [-0.25, -0.2) is 0 Å². The Labute approximate surface area is 123 Å². The van der Waals surface area contributed by atoms with Crippen LogP contribution in [-0.4, -0.2) is 42.3 Å². The molecule has 0 spiro atoms. The Morgan fingerprint density at radius 1 is 1.20 bits per heavy atom. The third-order valence-corrected chi connectivity index (χ3v) is 4.40. The van der Waals surface area contributed by atoms with Gasteiger partial charge in [0.15, 0.2) is 0 Å². The molecule has 2 N–H and O–H groups in total. The quantitative estimate of drug-likeness (QED) is 0.836. The maximum Gasteiger partial charge on any atom is 0.0558 e. The molecule has 1 aliphatic heterocycles. The van der Waals surface area contributed by atoms with Crippen LogP contribution in [0.25, 0.3) is 0 Å². The second kappa shape index (κ2) is 7.21. The van der Waals surface area contributed by atoms with E-state index in [1.165, 1.54) is 35.1 Å². The van der Waals surface area contributed by atoms with Crippen molar-refractivity contribution >= 4 is 0 Å². The lowest BCUT2D eigenvalue weighted by atomic mass is 10.0. The molecule has 1 atom stereocenters. The first-order valence-electron chi connectivity index (χ1n) is 7.73. The topological polar surface area (TPSA) is 35.5 Å². The number of nitrogens with zero attached hydrogens (tertiary/aromatic N) is 1. The van der Waals surface area contributed by atoms with Crippen LogP contribution in [0.4, 0.5) is 0 Å². The van der Waals surface area contributed by atoms with Crippen molar-refractivity contribution in [3.8, 4) is 0 Å². The molecule has 20 heavy (non-hydrogen) atoms. The van der Waals surface area contributed by atoms with E-state index in [1.807, 2.05) is 0 Å². The Morgan fingerprint density at radius 2 is 1.95 bits per heavy atom. The van der Waals surface area contributed by atoms with Crippen molar-refractivity contribution in [2.45, 2.75) is 46.2 Å². The van der Waals surface area contributed by atoms with E-state index in [1.54, 1.807) is 0 Å². The van der Waals surface area contributed by atoms with Gasteiger partial charge in [-0.2, -0.15) is 0 Å². The van der Waals surface area contributed by atoms with E-state index in [-0.39, 0.29) is 6.61 Å². The van der Waals surface area contributed by atoms with Gasteiger partial charge in [0.2, 0.25) is 0 Å². The first kappa shape index (κ1) is 15.5. The molecule has 1 aliphatic rings. The van der Waals surface area contributed by atoms with Gasteiger partial charge in [-0.1, -0.05) is 12.1 Å². The lowest BCUT2D eigenvalue weighted by Gasteiger charge is -2.26. The summed E-state index contributed by atoms with van der Waals surface area (Å²) in [6.07, 6.45) is 2.54. The minimum absolute atomic E-state index is 0.233. The monoisotopic (exact) mass is 276 g/mol. The summed E-state index contributed by atoms with van der Waals surface area (Å²) < 4.78 is 0. The molecule has 1 fully saturated rings. The Morgan fingerprint density at radius 3 is 2.60 bits per heavy atom. The van der Waals surface area contributed by atoms with Crippen molar-refractivity contribution in [1.82, 2.24) is 10.2 Å². The minimum atomic E-state index is 0.233. The van der Waals surface area contributed by atoms with Gasteiger partial charge in [-0.05, 0) is 62.4 Å². The van der Waals surface area contributed by atoms with E-state index in [9.17, 15) is 5.11 Å². The summed E-state index contributed by atoms with van der Waals surface area (Å²) in [7, 11) is 0. The molecule has 1 saturated heterocycles. The van der Waals surface area contributed by atoms with Crippen molar-refractivity contribution in [3.63, 3.8) is 0 Å². The summed E-state index contributed by atoms with van der Waals surface area (Å²) in [6, 6.07) is 5.17. The zero-order chi connectivity index (χ0) is 14.5. The average Bonchev–Trinajstić information content (AvgIpc) is 2.89. The molecular formula is C17H28N2O. The highest BCUT2D eigenvalue weighted by atomic mass is 16.3. The number of aryl methyl sites for hydroxylation is 3. The van der Waals surface area contributed by atoms with E-state index < -0.39 is 0 Å². The van der Waals surface area contributed by atoms with E-state index in [2.05, 4.69) is 43.1 Å². The molecule has 0 amide bonds. The minimum Gasteiger partial charge on any atom is -0.395 e. The molecule has 3 heteroatoms. The number of benzene rings is 1. The van der Waals surface area contributed by atoms with Gasteiger partial charge >= 0.3 is 0 Å². The summed E-state index contributed by atoms with van der Waals surface area (Å²) in [5, 5.41) is 12.8. The maximum atomic E-state index is 9.29. The second-order valence-corrected chi connectivity index (χ2v) is 6.11. The molecule has 0 aliphatic carbocycles. The van der Waals surface area contributed by atoms with E-state index in [0.717, 1.165) is 26.2 Å². The van der Waals surface area contributed by atoms with E-state index >= 15 is 0 Å². The number of rotatable bonds is 6. The summed E-state index contributed by atoms with van der Waals surface area (Å²) in [4.78, 5) is 2.38. The molecule has 1 aromatic rings. The van der Waals surface area contributed by atoms with Gasteiger partial charge in [0.1, 0.15) is 0 Å². The predicted molar refractivity (Wildman–Crippen MR) is 84.0 cm³/mol. The molecule has 2 rings (SSSR count). The molecule has 0 aromatic heterocycles. The first-order chi connectivity index (χ1) is 9.60. The van der Waals surface area contributed by atoms with Crippen LogP contribution in [0.5, 0.6) is 0 Å². The van der Waals surface area contributed by atoms with Crippen molar-refractivity contribution in [2.24, 2.45) is 0 Å². The Kier molecular flexibility index (Phi) is 5.58. The molecule has 1 unspecified atom stereocenters. The van der Waals surface area contributed by atoms with Crippen LogP contribution >= 0.6 is 0 Å². The van der Waals surface area contributed by atoms with Crippen molar-refractivity contribution in [3.05, 3.63) is 34.4 Å². The van der Waals surface area contributed by atoms with Gasteiger partial charge in [-0.15, -0.1) is 0 Å².